The first-order valence-electron chi connectivity index (χ1n) is 10.4. The highest BCUT2D eigenvalue weighted by molar-refractivity contribution is 9.10. The van der Waals surface area contributed by atoms with Crippen LogP contribution in [0.15, 0.2) is 56.5 Å². The van der Waals surface area contributed by atoms with Crippen molar-refractivity contribution in [1.29, 1.82) is 0 Å². The molecule has 0 radical (unpaired) electrons. The highest BCUT2D eigenvalue weighted by Crippen LogP contribution is 2.27. The Balaban J connectivity index is 1.79. The van der Waals surface area contributed by atoms with Gasteiger partial charge in [0.15, 0.2) is 5.96 Å². The highest BCUT2D eigenvalue weighted by Gasteiger charge is 2.17. The molecule has 0 aliphatic rings. The molecule has 3 aromatic rings. The first-order chi connectivity index (χ1) is 15.4. The van der Waals surface area contributed by atoms with Crippen molar-refractivity contribution in [3.05, 3.63) is 69.6 Å². The van der Waals surface area contributed by atoms with Crippen LogP contribution in [-0.4, -0.2) is 17.9 Å². The third kappa shape index (κ3) is 5.77. The van der Waals surface area contributed by atoms with Gasteiger partial charge in [0.25, 0.3) is 5.91 Å². The first-order valence-corrected chi connectivity index (χ1v) is 11.2. The van der Waals surface area contributed by atoms with Gasteiger partial charge in [0.2, 0.25) is 0 Å². The van der Waals surface area contributed by atoms with Gasteiger partial charge < -0.3 is 10.2 Å². The minimum atomic E-state index is -0.495. The maximum Gasteiger partial charge on any atom is 0.258 e. The Bertz CT molecular complexity index is 1180. The van der Waals surface area contributed by atoms with Crippen LogP contribution in [0.4, 0.5) is 4.39 Å². The summed E-state index contributed by atoms with van der Waals surface area (Å²) in [5.74, 6) is 1.64. The number of aryl methyl sites for hydroxylation is 1. The number of carbonyl (C=O) groups is 1. The van der Waals surface area contributed by atoms with Crippen molar-refractivity contribution in [2.75, 3.05) is 0 Å². The number of hydrogen-bond acceptors (Lipinski definition) is 3. The minimum Gasteiger partial charge on any atom is -0.464 e. The lowest BCUT2D eigenvalue weighted by Crippen LogP contribution is -2.38. The number of nitrogens with one attached hydrogen (secondary N) is 1. The first kappa shape index (κ1) is 23.6. The van der Waals surface area contributed by atoms with Gasteiger partial charge in [-0.15, -0.1) is 12.3 Å². The van der Waals surface area contributed by atoms with Crippen molar-refractivity contribution < 1.29 is 13.6 Å². The molecule has 0 fully saturated rings. The number of rotatable bonds is 8. The van der Waals surface area contributed by atoms with Gasteiger partial charge in [-0.2, -0.15) is 0 Å². The van der Waals surface area contributed by atoms with Crippen molar-refractivity contribution in [3.8, 4) is 12.3 Å². The third-order valence-electron chi connectivity index (χ3n) is 5.26. The molecule has 1 unspecified atom stereocenters. The van der Waals surface area contributed by atoms with Gasteiger partial charge in [0.05, 0.1) is 12.3 Å². The molecule has 5 nitrogen and oxygen atoms in total. The molecule has 1 atom stereocenters. The van der Waals surface area contributed by atoms with Crippen molar-refractivity contribution in [3.63, 3.8) is 0 Å². The second-order valence-electron chi connectivity index (χ2n) is 7.44. The smallest absolute Gasteiger partial charge is 0.258 e. The number of amides is 1. The van der Waals surface area contributed by atoms with Gasteiger partial charge >= 0.3 is 0 Å². The number of nitrogens with zero attached hydrogens (tertiary/aromatic N) is 1. The molecular weight excluding hydrogens is 473 g/mol. The molecule has 166 valence electrons. The second kappa shape index (κ2) is 11.0. The van der Waals surface area contributed by atoms with Gasteiger partial charge in [0.1, 0.15) is 11.4 Å². The average Bonchev–Trinajstić information content (AvgIpc) is 3.23. The third-order valence-corrected chi connectivity index (χ3v) is 5.71. The zero-order chi connectivity index (χ0) is 23.1. The normalized spacial score (nSPS) is 12.5. The maximum atomic E-state index is 14.7. The number of hydrogen-bond donors (Lipinski definition) is 2. The molecule has 3 N–H and O–H groups in total. The maximum absolute atomic E-state index is 14.7. The van der Waals surface area contributed by atoms with Gasteiger partial charge in [-0.25, -0.2) is 9.38 Å². The summed E-state index contributed by atoms with van der Waals surface area (Å²) in [7, 11) is 0. The fourth-order valence-electron chi connectivity index (χ4n) is 3.61. The summed E-state index contributed by atoms with van der Waals surface area (Å²) in [6, 6.07) is 10.1. The Morgan fingerprint density at radius 2 is 2.16 bits per heavy atom. The largest absolute Gasteiger partial charge is 0.464 e. The van der Waals surface area contributed by atoms with E-state index in [-0.39, 0.29) is 17.6 Å². The Morgan fingerprint density at radius 1 is 1.34 bits per heavy atom. The lowest BCUT2D eigenvalue weighted by Gasteiger charge is -2.13. The number of benzene rings is 2. The van der Waals surface area contributed by atoms with Crippen LogP contribution in [0.5, 0.6) is 0 Å². The van der Waals surface area contributed by atoms with Crippen LogP contribution in [0, 0.1) is 18.2 Å². The van der Waals surface area contributed by atoms with E-state index in [0.717, 1.165) is 27.4 Å². The fourth-order valence-corrected chi connectivity index (χ4v) is 4.13. The molecule has 1 heterocycles. The lowest BCUT2D eigenvalue weighted by molar-refractivity contribution is 0.0975. The standard InChI is InChI=1S/C25H25BrFN3O2/c1-3-5-7-19(4-2)29-25(28)30-24(31)21-8-6-9-22(27)20(21)11-10-16-14-18(26)15-17-12-13-32-23(16)17/h1,6,8-9,12-15,19H,4-5,7,10-11H2,2H3,(H3,28,29,30,31). The molecular formula is C25H25BrFN3O2. The number of carbonyl (C=O) groups excluding carboxylic acids is 1. The number of guanidine groups is 1. The monoisotopic (exact) mass is 497 g/mol. The van der Waals surface area contributed by atoms with Gasteiger partial charge in [-0.3, -0.25) is 10.1 Å². The summed E-state index contributed by atoms with van der Waals surface area (Å²) >= 11 is 3.50. The molecule has 32 heavy (non-hydrogen) atoms. The molecule has 0 saturated carbocycles. The topological polar surface area (TPSA) is 80.6 Å². The number of terminal acetylenes is 1. The van der Waals surface area contributed by atoms with Crippen LogP contribution >= 0.6 is 15.9 Å². The van der Waals surface area contributed by atoms with E-state index in [4.69, 9.17) is 16.6 Å². The quantitative estimate of drug-likeness (QED) is 0.250. The molecule has 2 aromatic carbocycles. The number of nitrogens with two attached hydrogens (primary N) is 1. The van der Waals surface area contributed by atoms with E-state index in [9.17, 15) is 9.18 Å². The Hall–Kier alpha value is -3.11. The van der Waals surface area contributed by atoms with Crippen LogP contribution in [0.1, 0.15) is 47.7 Å². The summed E-state index contributed by atoms with van der Waals surface area (Å²) < 4.78 is 21.2. The number of fused-ring (bicyclic) bond motifs is 1. The van der Waals surface area contributed by atoms with Crippen LogP contribution in [0.3, 0.4) is 0 Å². The SMILES string of the molecule is C#CCCC(CC)N=C(N)NC(=O)c1cccc(F)c1CCc1cc(Br)cc2ccoc12. The Labute approximate surface area is 195 Å². The number of furan rings is 1. The fraction of sp³-hybridized carbons (Fsp3) is 0.280. The van der Waals surface area contributed by atoms with E-state index in [1.807, 2.05) is 25.1 Å². The summed E-state index contributed by atoms with van der Waals surface area (Å²) in [6.07, 6.45) is 9.76. The van der Waals surface area contributed by atoms with Gasteiger partial charge in [-0.05, 0) is 61.6 Å². The van der Waals surface area contributed by atoms with Crippen molar-refractivity contribution >= 4 is 38.8 Å². The van der Waals surface area contributed by atoms with E-state index in [0.29, 0.717) is 31.2 Å². The molecule has 0 aliphatic carbocycles. The molecule has 1 aromatic heterocycles. The summed E-state index contributed by atoms with van der Waals surface area (Å²) in [4.78, 5) is 17.2. The highest BCUT2D eigenvalue weighted by atomic mass is 79.9. The van der Waals surface area contributed by atoms with Crippen molar-refractivity contribution in [1.82, 2.24) is 5.32 Å². The molecule has 0 spiro atoms. The predicted molar refractivity (Wildman–Crippen MR) is 129 cm³/mol. The minimum absolute atomic E-state index is 0.00151. The summed E-state index contributed by atoms with van der Waals surface area (Å²) in [5.41, 5.74) is 8.16. The molecule has 0 bridgehead atoms. The zero-order valence-electron chi connectivity index (χ0n) is 17.8. The molecule has 0 aliphatic heterocycles. The summed E-state index contributed by atoms with van der Waals surface area (Å²) in [5, 5.41) is 3.54. The number of halogens is 2. The van der Waals surface area contributed by atoms with Crippen LogP contribution < -0.4 is 11.1 Å². The summed E-state index contributed by atoms with van der Waals surface area (Å²) in [6.45, 7) is 1.97. The lowest BCUT2D eigenvalue weighted by atomic mass is 9.98. The molecule has 3 rings (SSSR count). The Kier molecular flexibility index (Phi) is 8.07. The molecule has 0 saturated heterocycles. The van der Waals surface area contributed by atoms with E-state index in [1.165, 1.54) is 12.1 Å². The van der Waals surface area contributed by atoms with Crippen LogP contribution in [0.25, 0.3) is 11.0 Å². The molecule has 7 heteroatoms. The van der Waals surface area contributed by atoms with E-state index in [2.05, 4.69) is 32.2 Å². The van der Waals surface area contributed by atoms with E-state index < -0.39 is 11.7 Å². The Morgan fingerprint density at radius 3 is 2.91 bits per heavy atom. The van der Waals surface area contributed by atoms with Crippen LogP contribution in [-0.2, 0) is 12.8 Å². The van der Waals surface area contributed by atoms with Gasteiger partial charge in [0, 0.05) is 27.4 Å². The zero-order valence-corrected chi connectivity index (χ0v) is 19.4. The molecule has 1 amide bonds. The van der Waals surface area contributed by atoms with Crippen LogP contribution in [0.2, 0.25) is 0 Å². The van der Waals surface area contributed by atoms with Crippen molar-refractivity contribution in [2.45, 2.75) is 45.1 Å². The number of aliphatic imine (C=N–C) groups is 1. The van der Waals surface area contributed by atoms with E-state index in [1.54, 1.807) is 12.3 Å². The second-order valence-corrected chi connectivity index (χ2v) is 8.36. The van der Waals surface area contributed by atoms with Gasteiger partial charge in [-0.1, -0.05) is 28.9 Å². The van der Waals surface area contributed by atoms with Crippen molar-refractivity contribution in [2.24, 2.45) is 10.7 Å². The van der Waals surface area contributed by atoms with E-state index >= 15 is 0 Å². The predicted octanol–water partition coefficient (Wildman–Crippen LogP) is 5.36. The average molecular weight is 498 g/mol.